The largest absolute Gasteiger partial charge is 0.480 e. The molecule has 0 saturated carbocycles. The fourth-order valence-electron chi connectivity index (χ4n) is 2.02. The molecule has 0 aromatic heterocycles. The Bertz CT molecular complexity index is 327. The van der Waals surface area contributed by atoms with E-state index in [0.29, 0.717) is 6.54 Å². The van der Waals surface area contributed by atoms with E-state index in [2.05, 4.69) is 29.5 Å². The molecule has 0 aromatic rings. The van der Waals surface area contributed by atoms with Crippen LogP contribution in [0.15, 0.2) is 0 Å². The maximum Gasteiger partial charge on any atom is 0.328 e. The van der Waals surface area contributed by atoms with Crippen molar-refractivity contribution in [2.24, 2.45) is 5.41 Å². The number of carboxylic acids is 1. The first-order chi connectivity index (χ1) is 8.86. The summed E-state index contributed by atoms with van der Waals surface area (Å²) < 4.78 is 0. The van der Waals surface area contributed by atoms with Crippen LogP contribution >= 0.6 is 0 Å². The van der Waals surface area contributed by atoms with Gasteiger partial charge in [0.05, 0.1) is 6.61 Å². The van der Waals surface area contributed by atoms with Crippen molar-refractivity contribution < 1.29 is 19.8 Å². The van der Waals surface area contributed by atoms with E-state index in [1.165, 1.54) is 0 Å². The number of aliphatic carboxylic acids is 1. The fourth-order valence-corrected chi connectivity index (χ4v) is 2.02. The Morgan fingerprint density at radius 1 is 1.37 bits per heavy atom. The van der Waals surface area contributed by atoms with E-state index in [9.17, 15) is 9.59 Å². The lowest BCUT2D eigenvalue weighted by atomic mass is 9.80. The van der Waals surface area contributed by atoms with Crippen molar-refractivity contribution >= 4 is 12.0 Å². The molecule has 2 amide bonds. The van der Waals surface area contributed by atoms with Crippen molar-refractivity contribution in [3.63, 3.8) is 0 Å². The zero-order valence-electron chi connectivity index (χ0n) is 11.5. The highest BCUT2D eigenvalue weighted by Gasteiger charge is 2.29. The molecule has 7 heteroatoms. The predicted molar refractivity (Wildman–Crippen MR) is 69.9 cm³/mol. The van der Waals surface area contributed by atoms with E-state index in [4.69, 9.17) is 10.2 Å². The van der Waals surface area contributed by atoms with Gasteiger partial charge in [0.25, 0.3) is 0 Å². The molecule has 1 fully saturated rings. The number of piperidine rings is 1. The third kappa shape index (κ3) is 5.04. The van der Waals surface area contributed by atoms with Gasteiger partial charge in [0, 0.05) is 6.54 Å². The van der Waals surface area contributed by atoms with E-state index >= 15 is 0 Å². The quantitative estimate of drug-likeness (QED) is 0.539. The van der Waals surface area contributed by atoms with Crippen LogP contribution in [0.2, 0.25) is 0 Å². The second kappa shape index (κ2) is 6.72. The van der Waals surface area contributed by atoms with Gasteiger partial charge >= 0.3 is 12.0 Å². The average Bonchev–Trinajstić information content (AvgIpc) is 2.37. The predicted octanol–water partition coefficient (Wildman–Crippen LogP) is -0.537. The number of aliphatic hydroxyl groups excluding tert-OH is 1. The monoisotopic (exact) mass is 273 g/mol. The summed E-state index contributed by atoms with van der Waals surface area (Å²) in [7, 11) is 2.07. The first kappa shape index (κ1) is 15.7. The van der Waals surface area contributed by atoms with Gasteiger partial charge in [-0.25, -0.2) is 9.59 Å². The summed E-state index contributed by atoms with van der Waals surface area (Å²) in [5.74, 6) is -1.25. The van der Waals surface area contributed by atoms with Crippen molar-refractivity contribution in [3.05, 3.63) is 0 Å². The van der Waals surface area contributed by atoms with E-state index < -0.39 is 24.6 Å². The Morgan fingerprint density at radius 2 is 1.95 bits per heavy atom. The Kier molecular flexibility index (Phi) is 5.56. The summed E-state index contributed by atoms with van der Waals surface area (Å²) in [5.41, 5.74) is 0.0434. The van der Waals surface area contributed by atoms with Gasteiger partial charge in [-0.2, -0.15) is 0 Å². The van der Waals surface area contributed by atoms with Gasteiger partial charge in [-0.1, -0.05) is 6.92 Å². The summed E-state index contributed by atoms with van der Waals surface area (Å²) in [6, 6.07) is -1.81. The van der Waals surface area contributed by atoms with Crippen molar-refractivity contribution in [1.82, 2.24) is 15.5 Å². The van der Waals surface area contributed by atoms with Crippen LogP contribution in [0, 0.1) is 5.41 Å². The van der Waals surface area contributed by atoms with Crippen LogP contribution in [0.1, 0.15) is 19.8 Å². The first-order valence-electron chi connectivity index (χ1n) is 6.43. The number of hydrogen-bond donors (Lipinski definition) is 4. The highest BCUT2D eigenvalue weighted by molar-refractivity contribution is 5.82. The van der Waals surface area contributed by atoms with Crippen molar-refractivity contribution in [1.29, 1.82) is 0 Å². The molecule has 0 aromatic carbocycles. The Balaban J connectivity index is 2.35. The van der Waals surface area contributed by atoms with Gasteiger partial charge in [-0.3, -0.25) is 0 Å². The Hall–Kier alpha value is -1.34. The van der Waals surface area contributed by atoms with Crippen LogP contribution in [0.5, 0.6) is 0 Å². The second-order valence-corrected chi connectivity index (χ2v) is 5.51. The number of carbonyl (C=O) groups is 2. The molecule has 0 radical (unpaired) electrons. The topological polar surface area (TPSA) is 102 Å². The number of aliphatic hydroxyl groups is 1. The molecule has 1 unspecified atom stereocenters. The highest BCUT2D eigenvalue weighted by Crippen LogP contribution is 2.29. The van der Waals surface area contributed by atoms with Crippen LogP contribution in [0.25, 0.3) is 0 Å². The zero-order valence-corrected chi connectivity index (χ0v) is 11.5. The molecule has 1 saturated heterocycles. The van der Waals surface area contributed by atoms with Crippen molar-refractivity contribution in [3.8, 4) is 0 Å². The van der Waals surface area contributed by atoms with Crippen LogP contribution in [-0.4, -0.2) is 66.4 Å². The van der Waals surface area contributed by atoms with Gasteiger partial charge in [0.2, 0.25) is 0 Å². The third-order valence-electron chi connectivity index (χ3n) is 3.66. The van der Waals surface area contributed by atoms with Crippen LogP contribution in [0.4, 0.5) is 4.79 Å². The molecular weight excluding hydrogens is 250 g/mol. The molecule has 19 heavy (non-hydrogen) atoms. The maximum absolute atomic E-state index is 11.6. The zero-order chi connectivity index (χ0) is 14.5. The van der Waals surface area contributed by atoms with E-state index in [1.54, 1.807) is 0 Å². The summed E-state index contributed by atoms with van der Waals surface area (Å²) in [4.78, 5) is 24.5. The maximum atomic E-state index is 11.6. The second-order valence-electron chi connectivity index (χ2n) is 5.51. The molecule has 110 valence electrons. The lowest BCUT2D eigenvalue weighted by molar-refractivity contribution is -0.140. The van der Waals surface area contributed by atoms with Gasteiger partial charge in [-0.15, -0.1) is 0 Å². The van der Waals surface area contributed by atoms with Crippen LogP contribution in [0.3, 0.4) is 0 Å². The molecule has 1 aliphatic heterocycles. The smallest absolute Gasteiger partial charge is 0.328 e. The number of carboxylic acid groups (broad SMARTS) is 1. The number of hydrogen-bond acceptors (Lipinski definition) is 4. The van der Waals surface area contributed by atoms with Crippen LogP contribution in [-0.2, 0) is 4.79 Å². The van der Waals surface area contributed by atoms with Gasteiger partial charge in [0.15, 0.2) is 6.04 Å². The molecule has 0 aliphatic carbocycles. The molecule has 1 atom stereocenters. The van der Waals surface area contributed by atoms with Crippen LogP contribution < -0.4 is 10.6 Å². The minimum Gasteiger partial charge on any atom is -0.480 e. The number of likely N-dealkylation sites (tertiary alicyclic amines) is 1. The number of nitrogens with one attached hydrogen (secondary N) is 2. The number of rotatable bonds is 5. The Labute approximate surface area is 113 Å². The summed E-state index contributed by atoms with van der Waals surface area (Å²) >= 11 is 0. The van der Waals surface area contributed by atoms with E-state index in [1.807, 2.05) is 0 Å². The van der Waals surface area contributed by atoms with E-state index in [-0.39, 0.29) is 5.41 Å². The Morgan fingerprint density at radius 3 is 2.42 bits per heavy atom. The molecule has 7 nitrogen and oxygen atoms in total. The number of urea groups is 1. The SMILES string of the molecule is CN1CCC(C)(CNC(=O)NC(CO)C(=O)O)CC1. The molecule has 4 N–H and O–H groups in total. The molecule has 1 aliphatic rings. The molecule has 0 bridgehead atoms. The number of carbonyl (C=O) groups excluding carboxylic acids is 1. The normalized spacial score (nSPS) is 20.6. The summed E-state index contributed by atoms with van der Waals surface area (Å²) in [5, 5.41) is 22.4. The number of amides is 2. The van der Waals surface area contributed by atoms with Crippen molar-refractivity contribution in [2.75, 3.05) is 33.3 Å². The van der Waals surface area contributed by atoms with E-state index in [0.717, 1.165) is 25.9 Å². The van der Waals surface area contributed by atoms with Gasteiger partial charge in [0.1, 0.15) is 0 Å². The third-order valence-corrected chi connectivity index (χ3v) is 3.66. The lowest BCUT2D eigenvalue weighted by Crippen LogP contribution is -2.51. The highest BCUT2D eigenvalue weighted by atomic mass is 16.4. The number of nitrogens with zero attached hydrogens (tertiary/aromatic N) is 1. The summed E-state index contributed by atoms with van der Waals surface area (Å²) in [6.07, 6.45) is 1.98. The van der Waals surface area contributed by atoms with Gasteiger partial charge < -0.3 is 25.7 Å². The minimum atomic E-state index is -1.26. The first-order valence-corrected chi connectivity index (χ1v) is 6.43. The molecule has 1 heterocycles. The van der Waals surface area contributed by atoms with Gasteiger partial charge in [-0.05, 0) is 38.4 Å². The average molecular weight is 273 g/mol. The molecular formula is C12H23N3O4. The van der Waals surface area contributed by atoms with Crippen molar-refractivity contribution in [2.45, 2.75) is 25.8 Å². The minimum absolute atomic E-state index is 0.0434. The fraction of sp³-hybridized carbons (Fsp3) is 0.833. The lowest BCUT2D eigenvalue weighted by Gasteiger charge is -2.38. The standard InChI is InChI=1S/C12H23N3O4/c1-12(3-5-15(2)6-4-12)8-13-11(19)14-9(7-16)10(17)18/h9,16H,3-8H2,1-2H3,(H,17,18)(H2,13,14,19). The summed E-state index contributed by atoms with van der Waals surface area (Å²) in [6.45, 7) is 3.98. The molecule has 0 spiro atoms. The molecule has 1 rings (SSSR count).